The number of methoxy groups -OCH3 is 1. The van der Waals surface area contributed by atoms with Crippen LogP contribution in [0.5, 0.6) is 5.75 Å². The lowest BCUT2D eigenvalue weighted by molar-refractivity contribution is 0.416. The van der Waals surface area contributed by atoms with Gasteiger partial charge in [-0.1, -0.05) is 13.0 Å². The molecule has 0 aliphatic carbocycles. The summed E-state index contributed by atoms with van der Waals surface area (Å²) in [4.78, 5) is 0. The molecule has 0 unspecified atom stereocenters. The number of nitrogens with one attached hydrogen (secondary N) is 1. The molecule has 0 atom stereocenters. The molecule has 1 rings (SSSR count). The molecule has 0 spiro atoms. The number of anilines is 1. The first-order valence-corrected chi connectivity index (χ1v) is 6.50. The topological polar surface area (TPSA) is 55.4 Å². The molecule has 1 aromatic carbocycles. The predicted octanol–water partition coefficient (Wildman–Crippen LogP) is 1.63. The van der Waals surface area contributed by atoms with Gasteiger partial charge in [-0.05, 0) is 24.1 Å². The van der Waals surface area contributed by atoms with Gasteiger partial charge in [0, 0.05) is 0 Å². The average Bonchev–Trinajstić information content (AvgIpc) is 2.15. The summed E-state index contributed by atoms with van der Waals surface area (Å²) in [6.07, 6.45) is 1.97. The number of benzene rings is 1. The number of ether oxygens (including phenoxy) is 1. The normalized spacial score (nSPS) is 11.1. The molecule has 0 amide bonds. The predicted molar refractivity (Wildman–Crippen MR) is 60.8 cm³/mol. The van der Waals surface area contributed by atoms with E-state index in [1.54, 1.807) is 12.1 Å². The Morgan fingerprint density at radius 3 is 2.53 bits per heavy atom. The Labute approximate surface area is 90.3 Å². The Balaban J connectivity index is 3.12. The van der Waals surface area contributed by atoms with Crippen LogP contribution in [0.4, 0.5) is 5.69 Å². The second-order valence-corrected chi connectivity index (χ2v) is 5.01. The molecule has 1 N–H and O–H groups in total. The van der Waals surface area contributed by atoms with Crippen molar-refractivity contribution in [2.24, 2.45) is 0 Å². The zero-order valence-electron chi connectivity index (χ0n) is 9.07. The molecule has 84 valence electrons. The lowest BCUT2D eigenvalue weighted by Crippen LogP contribution is -2.10. The van der Waals surface area contributed by atoms with Crippen LogP contribution < -0.4 is 9.46 Å². The molecule has 0 saturated heterocycles. The highest BCUT2D eigenvalue weighted by Crippen LogP contribution is 2.26. The minimum absolute atomic E-state index is 0.486. The minimum atomic E-state index is -3.26. The number of rotatable bonds is 4. The van der Waals surface area contributed by atoms with Gasteiger partial charge >= 0.3 is 0 Å². The Kier molecular flexibility index (Phi) is 3.57. The second-order valence-electron chi connectivity index (χ2n) is 3.26. The standard InChI is InChI=1S/C10H15NO3S/c1-4-8-5-6-10(14-2)9(7-8)11-15(3,12)13/h5-7,11H,4H2,1-3H3. The van der Waals surface area contributed by atoms with Crippen molar-refractivity contribution in [3.8, 4) is 5.75 Å². The van der Waals surface area contributed by atoms with Gasteiger partial charge in [0.05, 0.1) is 19.1 Å². The van der Waals surface area contributed by atoms with Gasteiger partial charge in [-0.25, -0.2) is 8.42 Å². The van der Waals surface area contributed by atoms with Crippen LogP contribution in [0.25, 0.3) is 0 Å². The summed E-state index contributed by atoms with van der Waals surface area (Å²) in [6, 6.07) is 5.44. The number of aryl methyl sites for hydroxylation is 1. The minimum Gasteiger partial charge on any atom is -0.495 e. The fourth-order valence-corrected chi connectivity index (χ4v) is 1.81. The highest BCUT2D eigenvalue weighted by Gasteiger charge is 2.08. The summed E-state index contributed by atoms with van der Waals surface area (Å²) in [5.74, 6) is 0.526. The van der Waals surface area contributed by atoms with Crippen molar-refractivity contribution in [3.63, 3.8) is 0 Å². The van der Waals surface area contributed by atoms with Crippen LogP contribution in [0.15, 0.2) is 18.2 Å². The largest absolute Gasteiger partial charge is 0.495 e. The molecule has 0 bridgehead atoms. The molecule has 0 fully saturated rings. The van der Waals surface area contributed by atoms with E-state index in [-0.39, 0.29) is 0 Å². The SMILES string of the molecule is CCc1ccc(OC)c(NS(C)(=O)=O)c1. The van der Waals surface area contributed by atoms with Crippen LogP contribution in [0.2, 0.25) is 0 Å². The van der Waals surface area contributed by atoms with Crippen LogP contribution in [-0.4, -0.2) is 21.8 Å². The highest BCUT2D eigenvalue weighted by molar-refractivity contribution is 7.92. The second kappa shape index (κ2) is 4.53. The first-order chi connectivity index (χ1) is 6.96. The van der Waals surface area contributed by atoms with Gasteiger partial charge in [-0.15, -0.1) is 0 Å². The molecule has 0 aliphatic rings. The Morgan fingerprint density at radius 1 is 1.40 bits per heavy atom. The van der Waals surface area contributed by atoms with Gasteiger partial charge in [-0.3, -0.25) is 4.72 Å². The van der Waals surface area contributed by atoms with Crippen molar-refractivity contribution in [3.05, 3.63) is 23.8 Å². The van der Waals surface area contributed by atoms with E-state index in [2.05, 4.69) is 4.72 Å². The third-order valence-electron chi connectivity index (χ3n) is 1.97. The van der Waals surface area contributed by atoms with E-state index in [1.165, 1.54) is 7.11 Å². The van der Waals surface area contributed by atoms with E-state index < -0.39 is 10.0 Å². The van der Waals surface area contributed by atoms with Gasteiger partial charge in [0.1, 0.15) is 5.75 Å². The third-order valence-corrected chi connectivity index (χ3v) is 2.56. The van der Waals surface area contributed by atoms with Gasteiger partial charge < -0.3 is 4.74 Å². The van der Waals surface area contributed by atoms with E-state index in [0.29, 0.717) is 11.4 Å². The summed E-state index contributed by atoms with van der Waals surface area (Å²) < 4.78 is 29.7. The van der Waals surface area contributed by atoms with Gasteiger partial charge in [-0.2, -0.15) is 0 Å². The molecule has 0 heterocycles. The maximum Gasteiger partial charge on any atom is 0.229 e. The molecule has 5 heteroatoms. The first-order valence-electron chi connectivity index (χ1n) is 4.61. The summed E-state index contributed by atoms with van der Waals surface area (Å²) in [7, 11) is -1.76. The molecule has 0 saturated carbocycles. The molecular formula is C10H15NO3S. The Hall–Kier alpha value is -1.23. The highest BCUT2D eigenvalue weighted by atomic mass is 32.2. The van der Waals surface area contributed by atoms with Crippen molar-refractivity contribution in [1.82, 2.24) is 0 Å². The number of sulfonamides is 1. The molecule has 0 aliphatic heterocycles. The molecule has 0 radical (unpaired) electrons. The van der Waals surface area contributed by atoms with Crippen molar-refractivity contribution in [1.29, 1.82) is 0 Å². The zero-order chi connectivity index (χ0) is 11.5. The quantitative estimate of drug-likeness (QED) is 0.853. The summed E-state index contributed by atoms with van der Waals surface area (Å²) in [5.41, 5.74) is 1.54. The lowest BCUT2D eigenvalue weighted by atomic mass is 10.1. The maximum atomic E-state index is 11.1. The Bertz CT molecular complexity index is 440. The zero-order valence-corrected chi connectivity index (χ0v) is 9.89. The van der Waals surface area contributed by atoms with Crippen molar-refractivity contribution >= 4 is 15.7 Å². The van der Waals surface area contributed by atoms with Crippen LogP contribution in [-0.2, 0) is 16.4 Å². The monoisotopic (exact) mass is 229 g/mol. The average molecular weight is 229 g/mol. The summed E-state index contributed by atoms with van der Waals surface area (Å²) in [6.45, 7) is 2.01. The summed E-state index contributed by atoms with van der Waals surface area (Å²) in [5, 5.41) is 0. The van der Waals surface area contributed by atoms with Gasteiger partial charge in [0.15, 0.2) is 0 Å². The van der Waals surface area contributed by atoms with Crippen molar-refractivity contribution in [2.75, 3.05) is 18.1 Å². The van der Waals surface area contributed by atoms with Crippen molar-refractivity contribution < 1.29 is 13.2 Å². The van der Waals surface area contributed by atoms with Crippen LogP contribution in [0.3, 0.4) is 0 Å². The molecule has 15 heavy (non-hydrogen) atoms. The lowest BCUT2D eigenvalue weighted by Gasteiger charge is -2.10. The van der Waals surface area contributed by atoms with Gasteiger partial charge in [0.25, 0.3) is 0 Å². The number of hydrogen-bond acceptors (Lipinski definition) is 3. The van der Waals surface area contributed by atoms with E-state index >= 15 is 0 Å². The van der Waals surface area contributed by atoms with Crippen LogP contribution >= 0.6 is 0 Å². The summed E-state index contributed by atoms with van der Waals surface area (Å²) >= 11 is 0. The maximum absolute atomic E-state index is 11.1. The molecule has 1 aromatic rings. The Morgan fingerprint density at radius 2 is 2.07 bits per heavy atom. The molecular weight excluding hydrogens is 214 g/mol. The smallest absolute Gasteiger partial charge is 0.229 e. The fourth-order valence-electron chi connectivity index (χ4n) is 1.25. The molecule has 0 aromatic heterocycles. The first kappa shape index (κ1) is 11.8. The fraction of sp³-hybridized carbons (Fsp3) is 0.400. The van der Waals surface area contributed by atoms with E-state index in [0.717, 1.165) is 18.2 Å². The van der Waals surface area contributed by atoms with Crippen molar-refractivity contribution in [2.45, 2.75) is 13.3 Å². The van der Waals surface area contributed by atoms with Crippen LogP contribution in [0, 0.1) is 0 Å². The van der Waals surface area contributed by atoms with Crippen LogP contribution in [0.1, 0.15) is 12.5 Å². The van der Waals surface area contributed by atoms with E-state index in [9.17, 15) is 8.42 Å². The number of hydrogen-bond donors (Lipinski definition) is 1. The molecule has 4 nitrogen and oxygen atoms in total. The van der Waals surface area contributed by atoms with E-state index in [4.69, 9.17) is 4.74 Å². The third kappa shape index (κ3) is 3.43. The van der Waals surface area contributed by atoms with E-state index in [1.807, 2.05) is 13.0 Å². The van der Waals surface area contributed by atoms with Gasteiger partial charge in [0.2, 0.25) is 10.0 Å².